The molecule has 1 aromatic rings. The van der Waals surface area contributed by atoms with Gasteiger partial charge in [-0.15, -0.1) is 0 Å². The maximum Gasteiger partial charge on any atom is 0.240 e. The highest BCUT2D eigenvalue weighted by atomic mass is 79.9. The second-order valence-electron chi connectivity index (χ2n) is 4.51. The van der Waals surface area contributed by atoms with Gasteiger partial charge in [0.25, 0.3) is 0 Å². The molecule has 2 N–H and O–H groups in total. The standard InChI is InChI=1S/C14H16BrN3O3S/c1-21-7-6-16-14-18-13(20)11(22-14)8-12(19)17-10-5-3-2-4-9(10)15/h2-5,11H,6-8H2,1H3,(H,17,19)(H,16,18,20)/t11-/m0/s1. The summed E-state index contributed by atoms with van der Waals surface area (Å²) in [6, 6.07) is 7.33. The number of para-hydroxylation sites is 1. The van der Waals surface area contributed by atoms with Crippen molar-refractivity contribution in [2.45, 2.75) is 11.7 Å². The molecule has 2 rings (SSSR count). The maximum atomic E-state index is 12.0. The molecule has 1 aliphatic rings. The Morgan fingerprint density at radius 1 is 1.50 bits per heavy atom. The molecule has 1 atom stereocenters. The minimum Gasteiger partial charge on any atom is -0.383 e. The topological polar surface area (TPSA) is 79.8 Å². The van der Waals surface area contributed by atoms with E-state index in [1.807, 2.05) is 18.2 Å². The van der Waals surface area contributed by atoms with Gasteiger partial charge < -0.3 is 15.4 Å². The summed E-state index contributed by atoms with van der Waals surface area (Å²) < 4.78 is 5.70. The van der Waals surface area contributed by atoms with Crippen molar-refractivity contribution in [3.8, 4) is 0 Å². The van der Waals surface area contributed by atoms with Crippen LogP contribution in [0.1, 0.15) is 6.42 Å². The summed E-state index contributed by atoms with van der Waals surface area (Å²) in [6.45, 7) is 0.974. The molecule has 0 aliphatic carbocycles. The zero-order valence-corrected chi connectivity index (χ0v) is 14.4. The number of halogens is 1. The molecule has 0 unspecified atom stereocenters. The van der Waals surface area contributed by atoms with Crippen LogP contribution in [-0.4, -0.2) is 42.5 Å². The third-order valence-electron chi connectivity index (χ3n) is 2.85. The van der Waals surface area contributed by atoms with Crippen molar-refractivity contribution in [1.82, 2.24) is 5.32 Å². The van der Waals surface area contributed by atoms with Crippen LogP contribution in [0, 0.1) is 0 Å². The fourth-order valence-electron chi connectivity index (χ4n) is 1.79. The van der Waals surface area contributed by atoms with Gasteiger partial charge in [-0.25, -0.2) is 0 Å². The number of benzene rings is 1. The van der Waals surface area contributed by atoms with Crippen LogP contribution in [0.25, 0.3) is 0 Å². The molecule has 1 heterocycles. The van der Waals surface area contributed by atoms with Crippen molar-refractivity contribution in [3.63, 3.8) is 0 Å². The highest BCUT2D eigenvalue weighted by Crippen LogP contribution is 2.25. The van der Waals surface area contributed by atoms with Crippen LogP contribution < -0.4 is 10.6 Å². The SMILES string of the molecule is COCCN=C1NC(=O)[C@H](CC(=O)Nc2ccccc2Br)S1. The number of rotatable bonds is 6. The summed E-state index contributed by atoms with van der Waals surface area (Å²) in [7, 11) is 1.59. The number of ether oxygens (including phenoxy) is 1. The molecule has 22 heavy (non-hydrogen) atoms. The zero-order valence-electron chi connectivity index (χ0n) is 12.0. The van der Waals surface area contributed by atoms with Crippen LogP contribution in [0.15, 0.2) is 33.7 Å². The molecule has 6 nitrogen and oxygen atoms in total. The summed E-state index contributed by atoms with van der Waals surface area (Å²) >= 11 is 4.64. The van der Waals surface area contributed by atoms with E-state index in [1.54, 1.807) is 13.2 Å². The second kappa shape index (κ2) is 8.30. The third-order valence-corrected chi connectivity index (χ3v) is 4.66. The Labute approximate surface area is 141 Å². The molecular formula is C14H16BrN3O3S. The minimum absolute atomic E-state index is 0.0983. The molecule has 0 spiro atoms. The fourth-order valence-corrected chi connectivity index (χ4v) is 3.16. The van der Waals surface area contributed by atoms with E-state index in [1.165, 1.54) is 11.8 Å². The Bertz CT molecular complexity index is 594. The Hall–Kier alpha value is -1.38. The average molecular weight is 386 g/mol. The van der Waals surface area contributed by atoms with Crippen molar-refractivity contribution in [3.05, 3.63) is 28.7 Å². The van der Waals surface area contributed by atoms with Gasteiger partial charge in [-0.2, -0.15) is 0 Å². The number of thioether (sulfide) groups is 1. The number of methoxy groups -OCH3 is 1. The molecular weight excluding hydrogens is 370 g/mol. The Morgan fingerprint density at radius 2 is 2.27 bits per heavy atom. The first-order valence-corrected chi connectivity index (χ1v) is 8.32. The number of anilines is 1. The number of carbonyl (C=O) groups is 2. The predicted octanol–water partition coefficient (Wildman–Crippen LogP) is 2.01. The van der Waals surface area contributed by atoms with Crippen molar-refractivity contribution >= 4 is 50.4 Å². The molecule has 2 amide bonds. The molecule has 0 bridgehead atoms. The van der Waals surface area contributed by atoms with Crippen molar-refractivity contribution in [2.75, 3.05) is 25.6 Å². The van der Waals surface area contributed by atoms with Gasteiger partial charge in [0.15, 0.2) is 5.17 Å². The number of nitrogens with one attached hydrogen (secondary N) is 2. The third kappa shape index (κ3) is 4.82. The van der Waals surface area contributed by atoms with Gasteiger partial charge in [-0.05, 0) is 28.1 Å². The lowest BCUT2D eigenvalue weighted by Crippen LogP contribution is -2.28. The number of amidine groups is 1. The Balaban J connectivity index is 1.88. The number of amides is 2. The van der Waals surface area contributed by atoms with E-state index in [0.717, 1.165) is 4.47 Å². The van der Waals surface area contributed by atoms with E-state index in [-0.39, 0.29) is 18.2 Å². The van der Waals surface area contributed by atoms with Gasteiger partial charge >= 0.3 is 0 Å². The monoisotopic (exact) mass is 385 g/mol. The quantitative estimate of drug-likeness (QED) is 0.734. The Kier molecular flexibility index (Phi) is 6.41. The number of aliphatic imine (C=N–C) groups is 1. The zero-order chi connectivity index (χ0) is 15.9. The van der Waals surface area contributed by atoms with Crippen LogP contribution in [0.2, 0.25) is 0 Å². The molecule has 0 aromatic heterocycles. The molecule has 1 saturated heterocycles. The van der Waals surface area contributed by atoms with E-state index in [0.29, 0.717) is 24.0 Å². The van der Waals surface area contributed by atoms with E-state index in [2.05, 4.69) is 31.6 Å². The van der Waals surface area contributed by atoms with Crippen molar-refractivity contribution in [1.29, 1.82) is 0 Å². The van der Waals surface area contributed by atoms with Crippen molar-refractivity contribution in [2.24, 2.45) is 4.99 Å². The van der Waals surface area contributed by atoms with Crippen LogP contribution in [0.4, 0.5) is 5.69 Å². The lowest BCUT2D eigenvalue weighted by molar-refractivity contribution is -0.122. The van der Waals surface area contributed by atoms with E-state index in [4.69, 9.17) is 4.74 Å². The fraction of sp³-hybridized carbons (Fsp3) is 0.357. The summed E-state index contributed by atoms with van der Waals surface area (Å²) in [5.74, 6) is -0.402. The lowest BCUT2D eigenvalue weighted by Gasteiger charge is -2.08. The summed E-state index contributed by atoms with van der Waals surface area (Å²) in [6.07, 6.45) is 0.0983. The number of hydrogen-bond acceptors (Lipinski definition) is 5. The molecule has 0 saturated carbocycles. The van der Waals surface area contributed by atoms with Crippen LogP contribution in [-0.2, 0) is 14.3 Å². The molecule has 0 radical (unpaired) electrons. The molecule has 1 aromatic carbocycles. The number of carbonyl (C=O) groups excluding carboxylic acids is 2. The van der Waals surface area contributed by atoms with Crippen molar-refractivity contribution < 1.29 is 14.3 Å². The summed E-state index contributed by atoms with van der Waals surface area (Å²) in [5, 5.41) is 5.55. The van der Waals surface area contributed by atoms with Crippen LogP contribution in [0.5, 0.6) is 0 Å². The molecule has 118 valence electrons. The first-order chi connectivity index (χ1) is 10.6. The largest absolute Gasteiger partial charge is 0.383 e. The van der Waals surface area contributed by atoms with Crippen LogP contribution in [0.3, 0.4) is 0 Å². The first-order valence-electron chi connectivity index (χ1n) is 6.65. The molecule has 1 aliphatic heterocycles. The minimum atomic E-state index is -0.455. The van der Waals surface area contributed by atoms with Gasteiger partial charge in [0.05, 0.1) is 18.8 Å². The Morgan fingerprint density at radius 3 is 3.00 bits per heavy atom. The van der Waals surface area contributed by atoms with E-state index < -0.39 is 5.25 Å². The molecule has 8 heteroatoms. The highest BCUT2D eigenvalue weighted by molar-refractivity contribution is 9.10. The van der Waals surface area contributed by atoms with E-state index in [9.17, 15) is 9.59 Å². The maximum absolute atomic E-state index is 12.0. The first kappa shape index (κ1) is 17.0. The highest BCUT2D eigenvalue weighted by Gasteiger charge is 2.31. The number of hydrogen-bond donors (Lipinski definition) is 2. The molecule has 1 fully saturated rings. The number of nitrogens with zero attached hydrogens (tertiary/aromatic N) is 1. The second-order valence-corrected chi connectivity index (χ2v) is 6.55. The van der Waals surface area contributed by atoms with Gasteiger partial charge in [-0.3, -0.25) is 14.6 Å². The van der Waals surface area contributed by atoms with Gasteiger partial charge in [0.2, 0.25) is 11.8 Å². The average Bonchev–Trinajstić information content (AvgIpc) is 2.82. The van der Waals surface area contributed by atoms with Crippen LogP contribution >= 0.6 is 27.7 Å². The predicted molar refractivity (Wildman–Crippen MR) is 91.1 cm³/mol. The van der Waals surface area contributed by atoms with Gasteiger partial charge in [0.1, 0.15) is 5.25 Å². The van der Waals surface area contributed by atoms with Gasteiger partial charge in [0, 0.05) is 18.0 Å². The smallest absolute Gasteiger partial charge is 0.240 e. The summed E-state index contributed by atoms with van der Waals surface area (Å²) in [4.78, 5) is 28.1. The van der Waals surface area contributed by atoms with E-state index >= 15 is 0 Å². The lowest BCUT2D eigenvalue weighted by atomic mass is 10.2. The summed E-state index contributed by atoms with van der Waals surface area (Å²) in [5.41, 5.74) is 0.685. The van der Waals surface area contributed by atoms with Gasteiger partial charge in [-0.1, -0.05) is 23.9 Å². The normalized spacial score (nSPS) is 19.3.